The molecule has 1 aromatic carbocycles. The molecule has 0 aliphatic carbocycles. The third-order valence-corrected chi connectivity index (χ3v) is 3.40. The number of carbonyl (C=O) groups is 1. The van der Waals surface area contributed by atoms with Crippen molar-refractivity contribution in [2.24, 2.45) is 0 Å². The first-order chi connectivity index (χ1) is 8.33. The lowest BCUT2D eigenvalue weighted by atomic mass is 10.1. The molecular formula is C14H13NOS. The van der Waals surface area contributed by atoms with Gasteiger partial charge in [-0.2, -0.15) is 0 Å². The van der Waals surface area contributed by atoms with Gasteiger partial charge in [-0.3, -0.25) is 4.79 Å². The van der Waals surface area contributed by atoms with Gasteiger partial charge in [0.05, 0.1) is 5.56 Å². The van der Waals surface area contributed by atoms with E-state index in [1.165, 1.54) is 0 Å². The topological polar surface area (TPSA) is 29.1 Å². The molecule has 0 bridgehead atoms. The number of fused-ring (bicyclic) bond motifs is 1. The van der Waals surface area contributed by atoms with Gasteiger partial charge in [-0.05, 0) is 13.0 Å². The fraction of sp³-hybridized carbons (Fsp3) is 0.214. The summed E-state index contributed by atoms with van der Waals surface area (Å²) in [5, 5.41) is 5.81. The summed E-state index contributed by atoms with van der Waals surface area (Å²) in [5.74, 6) is 5.72. The number of amides is 1. The molecule has 1 heterocycles. The zero-order chi connectivity index (χ0) is 12.1. The lowest BCUT2D eigenvalue weighted by molar-refractivity contribution is 0.0956. The van der Waals surface area contributed by atoms with Gasteiger partial charge in [-0.15, -0.1) is 23.2 Å². The summed E-state index contributed by atoms with van der Waals surface area (Å²) < 4.78 is 1.14. The Morgan fingerprint density at radius 3 is 3.06 bits per heavy atom. The average Bonchev–Trinajstić information content (AvgIpc) is 2.78. The highest BCUT2D eigenvalue weighted by atomic mass is 32.1. The quantitative estimate of drug-likeness (QED) is 0.651. The number of rotatable bonds is 3. The van der Waals surface area contributed by atoms with E-state index in [4.69, 9.17) is 0 Å². The Hall–Kier alpha value is -1.79. The van der Waals surface area contributed by atoms with Crippen molar-refractivity contribution >= 4 is 27.3 Å². The Kier molecular flexibility index (Phi) is 3.79. The highest BCUT2D eigenvalue weighted by Gasteiger charge is 2.10. The second kappa shape index (κ2) is 5.51. The second-order valence-corrected chi connectivity index (χ2v) is 4.49. The molecule has 0 fully saturated rings. The van der Waals surface area contributed by atoms with Crippen molar-refractivity contribution in [1.82, 2.24) is 5.32 Å². The standard InChI is InChI=1S/C14H13NOS/c1-2-3-6-9-15-14(16)12-10-17-13-8-5-4-7-11(12)13/h4-5,7-8,10H,6,9H2,1H3,(H,15,16). The van der Waals surface area contributed by atoms with E-state index >= 15 is 0 Å². The zero-order valence-electron chi connectivity index (χ0n) is 9.62. The van der Waals surface area contributed by atoms with Gasteiger partial charge in [0, 0.05) is 28.4 Å². The largest absolute Gasteiger partial charge is 0.351 e. The van der Waals surface area contributed by atoms with Crippen LogP contribution in [0.25, 0.3) is 10.1 Å². The van der Waals surface area contributed by atoms with Crippen LogP contribution in [0.2, 0.25) is 0 Å². The molecule has 1 aromatic heterocycles. The van der Waals surface area contributed by atoms with E-state index in [0.29, 0.717) is 13.0 Å². The molecule has 0 unspecified atom stereocenters. The molecule has 2 aromatic rings. The summed E-state index contributed by atoms with van der Waals surface area (Å²) in [6, 6.07) is 7.94. The van der Waals surface area contributed by atoms with Crippen LogP contribution in [-0.4, -0.2) is 12.5 Å². The van der Waals surface area contributed by atoms with Crippen LogP contribution in [-0.2, 0) is 0 Å². The Morgan fingerprint density at radius 1 is 1.41 bits per heavy atom. The highest BCUT2D eigenvalue weighted by Crippen LogP contribution is 2.25. The van der Waals surface area contributed by atoms with Gasteiger partial charge in [0.2, 0.25) is 0 Å². The van der Waals surface area contributed by atoms with Crippen LogP contribution < -0.4 is 5.32 Å². The van der Waals surface area contributed by atoms with E-state index < -0.39 is 0 Å². The smallest absolute Gasteiger partial charge is 0.252 e. The predicted molar refractivity (Wildman–Crippen MR) is 72.2 cm³/mol. The minimum Gasteiger partial charge on any atom is -0.351 e. The van der Waals surface area contributed by atoms with Crippen LogP contribution >= 0.6 is 11.3 Å². The molecular weight excluding hydrogens is 230 g/mol. The number of hydrogen-bond acceptors (Lipinski definition) is 2. The van der Waals surface area contributed by atoms with E-state index in [0.717, 1.165) is 15.6 Å². The van der Waals surface area contributed by atoms with Crippen LogP contribution in [0.4, 0.5) is 0 Å². The minimum atomic E-state index is -0.0136. The number of carbonyl (C=O) groups excluding carboxylic acids is 1. The fourth-order valence-corrected chi connectivity index (χ4v) is 2.55. The molecule has 0 spiro atoms. The van der Waals surface area contributed by atoms with Gasteiger partial charge < -0.3 is 5.32 Å². The maximum absolute atomic E-state index is 11.9. The van der Waals surface area contributed by atoms with Crippen molar-refractivity contribution in [1.29, 1.82) is 0 Å². The van der Waals surface area contributed by atoms with E-state index in [9.17, 15) is 4.79 Å². The number of nitrogens with one attached hydrogen (secondary N) is 1. The van der Waals surface area contributed by atoms with Gasteiger partial charge in [-0.1, -0.05) is 18.2 Å². The summed E-state index contributed by atoms with van der Waals surface area (Å²) in [4.78, 5) is 11.9. The van der Waals surface area contributed by atoms with Gasteiger partial charge in [0.15, 0.2) is 0 Å². The van der Waals surface area contributed by atoms with Crippen molar-refractivity contribution in [3.05, 3.63) is 35.2 Å². The predicted octanol–water partition coefficient (Wildman–Crippen LogP) is 3.04. The molecule has 1 N–H and O–H groups in total. The highest BCUT2D eigenvalue weighted by molar-refractivity contribution is 7.17. The third-order valence-electron chi connectivity index (χ3n) is 2.44. The van der Waals surface area contributed by atoms with Crippen LogP contribution in [0.3, 0.4) is 0 Å². The van der Waals surface area contributed by atoms with Crippen LogP contribution in [0.1, 0.15) is 23.7 Å². The van der Waals surface area contributed by atoms with Crippen molar-refractivity contribution in [3.8, 4) is 11.8 Å². The molecule has 0 radical (unpaired) electrons. The summed E-state index contributed by atoms with van der Waals surface area (Å²) in [6.45, 7) is 2.40. The average molecular weight is 243 g/mol. The molecule has 0 aliphatic heterocycles. The number of thiophene rings is 1. The Morgan fingerprint density at radius 2 is 2.24 bits per heavy atom. The van der Waals surface area contributed by atoms with E-state index in [-0.39, 0.29) is 5.91 Å². The molecule has 1 amide bonds. The van der Waals surface area contributed by atoms with Crippen LogP contribution in [0.15, 0.2) is 29.6 Å². The SMILES string of the molecule is CC#CCCNC(=O)c1csc2ccccc12. The van der Waals surface area contributed by atoms with Crippen molar-refractivity contribution in [3.63, 3.8) is 0 Å². The first-order valence-electron chi connectivity index (χ1n) is 5.47. The summed E-state index contributed by atoms with van der Waals surface area (Å²) in [5.41, 5.74) is 0.759. The Labute approximate surface area is 105 Å². The van der Waals surface area contributed by atoms with E-state index in [1.807, 2.05) is 29.6 Å². The molecule has 2 nitrogen and oxygen atoms in total. The first kappa shape index (κ1) is 11.7. The lowest BCUT2D eigenvalue weighted by Gasteiger charge is -2.01. The van der Waals surface area contributed by atoms with Gasteiger partial charge in [0.1, 0.15) is 0 Å². The zero-order valence-corrected chi connectivity index (χ0v) is 10.4. The van der Waals surface area contributed by atoms with Crippen molar-refractivity contribution in [2.75, 3.05) is 6.54 Å². The maximum Gasteiger partial charge on any atom is 0.252 e. The molecule has 0 aliphatic rings. The van der Waals surface area contributed by atoms with E-state index in [2.05, 4.69) is 17.2 Å². The van der Waals surface area contributed by atoms with E-state index in [1.54, 1.807) is 18.3 Å². The summed E-state index contributed by atoms with van der Waals surface area (Å²) in [7, 11) is 0. The van der Waals surface area contributed by atoms with Gasteiger partial charge in [0.25, 0.3) is 5.91 Å². The first-order valence-corrected chi connectivity index (χ1v) is 6.35. The lowest BCUT2D eigenvalue weighted by Crippen LogP contribution is -2.23. The molecule has 0 saturated carbocycles. The maximum atomic E-state index is 11.9. The van der Waals surface area contributed by atoms with Crippen molar-refractivity contribution < 1.29 is 4.79 Å². The van der Waals surface area contributed by atoms with Gasteiger partial charge >= 0.3 is 0 Å². The van der Waals surface area contributed by atoms with Crippen molar-refractivity contribution in [2.45, 2.75) is 13.3 Å². The third kappa shape index (κ3) is 2.66. The Balaban J connectivity index is 2.10. The van der Waals surface area contributed by atoms with Gasteiger partial charge in [-0.25, -0.2) is 0 Å². The van der Waals surface area contributed by atoms with Crippen LogP contribution in [0, 0.1) is 11.8 Å². The minimum absolute atomic E-state index is 0.0136. The number of hydrogen-bond donors (Lipinski definition) is 1. The molecule has 86 valence electrons. The molecule has 3 heteroatoms. The fourth-order valence-electron chi connectivity index (χ4n) is 1.61. The second-order valence-electron chi connectivity index (χ2n) is 3.58. The monoisotopic (exact) mass is 243 g/mol. The molecule has 0 saturated heterocycles. The number of benzene rings is 1. The molecule has 0 atom stereocenters. The molecule has 17 heavy (non-hydrogen) atoms. The summed E-state index contributed by atoms with van der Waals surface area (Å²) >= 11 is 1.60. The Bertz CT molecular complexity index is 589. The summed E-state index contributed by atoms with van der Waals surface area (Å²) in [6.07, 6.45) is 0.699. The van der Waals surface area contributed by atoms with Crippen LogP contribution in [0.5, 0.6) is 0 Å². The molecule has 2 rings (SSSR count). The normalized spacial score (nSPS) is 9.71.